The summed E-state index contributed by atoms with van der Waals surface area (Å²) in [6.07, 6.45) is 1.61. The number of benzene rings is 2. The van der Waals surface area contributed by atoms with Crippen LogP contribution in [0.4, 0.5) is 5.69 Å². The van der Waals surface area contributed by atoms with Gasteiger partial charge in [0, 0.05) is 49.5 Å². The van der Waals surface area contributed by atoms with E-state index in [1.165, 1.54) is 10.0 Å². The lowest BCUT2D eigenvalue weighted by Gasteiger charge is -2.29. The molecule has 0 saturated carbocycles. The smallest absolute Gasteiger partial charge is 0.268 e. The highest BCUT2D eigenvalue weighted by atomic mass is 32.2. The Balaban J connectivity index is 1.57. The molecule has 0 radical (unpaired) electrons. The Kier molecular flexibility index (Phi) is 4.17. The zero-order valence-electron chi connectivity index (χ0n) is 15.3. The second-order valence-electron chi connectivity index (χ2n) is 6.90. The number of rotatable bonds is 3. The molecule has 0 aliphatic carbocycles. The molecule has 0 amide bonds. The van der Waals surface area contributed by atoms with Crippen molar-refractivity contribution >= 4 is 26.6 Å². The summed E-state index contributed by atoms with van der Waals surface area (Å²) in [6, 6.07) is 12.6. The van der Waals surface area contributed by atoms with Gasteiger partial charge >= 0.3 is 0 Å². The van der Waals surface area contributed by atoms with Crippen LogP contribution in [0.25, 0.3) is 10.9 Å². The van der Waals surface area contributed by atoms with Crippen LogP contribution in [0.1, 0.15) is 0 Å². The number of piperazine rings is 1. The minimum atomic E-state index is -3.75. The molecule has 2 aromatic carbocycles. The van der Waals surface area contributed by atoms with Gasteiger partial charge in [0.15, 0.2) is 11.5 Å². The third-order valence-corrected chi connectivity index (χ3v) is 6.88. The molecule has 0 atom stereocenters. The van der Waals surface area contributed by atoms with E-state index in [0.717, 1.165) is 37.3 Å². The van der Waals surface area contributed by atoms with Gasteiger partial charge in [0.05, 0.1) is 10.4 Å². The van der Waals surface area contributed by atoms with Crippen LogP contribution in [0, 0.1) is 0 Å². The molecule has 2 aliphatic heterocycles. The third-order valence-electron chi connectivity index (χ3n) is 5.19. The number of hydrogen-bond acceptors (Lipinski definition) is 6. The summed E-state index contributed by atoms with van der Waals surface area (Å²) in [4.78, 5) is 2.45. The number of anilines is 1. The third kappa shape index (κ3) is 2.89. The molecule has 1 fully saturated rings. The summed E-state index contributed by atoms with van der Waals surface area (Å²) in [6.45, 7) is 4.54. The summed E-state index contributed by atoms with van der Waals surface area (Å²) < 4.78 is 39.0. The van der Waals surface area contributed by atoms with E-state index in [9.17, 15) is 8.42 Å². The molecule has 3 aromatic rings. The summed E-state index contributed by atoms with van der Waals surface area (Å²) in [7, 11) is -3.75. The summed E-state index contributed by atoms with van der Waals surface area (Å²) in [5, 5.41) is 4.22. The van der Waals surface area contributed by atoms with Gasteiger partial charge in [-0.15, -0.1) is 0 Å². The molecule has 2 aliphatic rings. The van der Waals surface area contributed by atoms with Crippen molar-refractivity contribution in [2.45, 2.75) is 4.90 Å². The van der Waals surface area contributed by atoms with Crippen LogP contribution in [-0.4, -0.2) is 51.8 Å². The van der Waals surface area contributed by atoms with Crippen molar-refractivity contribution in [3.63, 3.8) is 0 Å². The molecule has 3 heterocycles. The van der Waals surface area contributed by atoms with Crippen molar-refractivity contribution < 1.29 is 17.9 Å². The van der Waals surface area contributed by atoms with E-state index in [-0.39, 0.29) is 4.90 Å². The van der Waals surface area contributed by atoms with Crippen LogP contribution in [0.5, 0.6) is 11.5 Å². The largest absolute Gasteiger partial charge is 0.486 e. The molecular weight excluding hydrogens is 378 g/mol. The first kappa shape index (κ1) is 17.4. The Morgan fingerprint density at radius 3 is 2.50 bits per heavy atom. The van der Waals surface area contributed by atoms with Gasteiger partial charge in [0.2, 0.25) is 0 Å². The van der Waals surface area contributed by atoms with Gasteiger partial charge in [-0.05, 0) is 30.3 Å². The Morgan fingerprint density at radius 1 is 0.893 bits per heavy atom. The van der Waals surface area contributed by atoms with Gasteiger partial charge in [-0.25, -0.2) is 12.4 Å². The fourth-order valence-corrected chi connectivity index (χ4v) is 5.08. The van der Waals surface area contributed by atoms with Crippen molar-refractivity contribution in [2.75, 3.05) is 44.3 Å². The molecule has 0 unspecified atom stereocenters. The normalized spacial score (nSPS) is 17.1. The highest BCUT2D eigenvalue weighted by Gasteiger charge is 2.23. The first-order valence-corrected chi connectivity index (χ1v) is 10.8. The van der Waals surface area contributed by atoms with Crippen molar-refractivity contribution in [1.29, 1.82) is 0 Å². The van der Waals surface area contributed by atoms with Crippen molar-refractivity contribution in [3.05, 3.63) is 48.7 Å². The van der Waals surface area contributed by atoms with E-state index in [2.05, 4.69) is 16.3 Å². The van der Waals surface area contributed by atoms with Crippen molar-refractivity contribution in [1.82, 2.24) is 9.29 Å². The average Bonchev–Trinajstić information content (AvgIpc) is 3.18. The van der Waals surface area contributed by atoms with Crippen molar-refractivity contribution in [2.24, 2.45) is 0 Å². The summed E-state index contributed by atoms with van der Waals surface area (Å²) in [5.41, 5.74) is 1.71. The molecule has 8 heteroatoms. The SMILES string of the molecule is O=S(=O)(c1ccc2c(c1)OCCO2)n1ccc2ccc(N3CCNCC3)cc21. The molecule has 1 aromatic heterocycles. The molecule has 1 saturated heterocycles. The molecule has 5 rings (SSSR count). The predicted molar refractivity (Wildman–Crippen MR) is 107 cm³/mol. The molecular formula is C20H21N3O4S. The first-order chi connectivity index (χ1) is 13.6. The molecule has 28 heavy (non-hydrogen) atoms. The van der Waals surface area contributed by atoms with E-state index < -0.39 is 10.0 Å². The van der Waals surface area contributed by atoms with Crippen LogP contribution in [0.15, 0.2) is 53.6 Å². The maximum Gasteiger partial charge on any atom is 0.268 e. The Morgan fingerprint density at radius 2 is 1.68 bits per heavy atom. The van der Waals surface area contributed by atoms with Crippen LogP contribution >= 0.6 is 0 Å². The van der Waals surface area contributed by atoms with Gasteiger partial charge in [-0.2, -0.15) is 0 Å². The first-order valence-electron chi connectivity index (χ1n) is 9.35. The van der Waals surface area contributed by atoms with Crippen LogP contribution in [0.3, 0.4) is 0 Å². The Labute approximate surface area is 163 Å². The number of hydrogen-bond donors (Lipinski definition) is 1. The van der Waals surface area contributed by atoms with Gasteiger partial charge in [-0.3, -0.25) is 0 Å². The van der Waals surface area contributed by atoms with Crippen LogP contribution in [0.2, 0.25) is 0 Å². The average molecular weight is 399 g/mol. The highest BCUT2D eigenvalue weighted by molar-refractivity contribution is 7.90. The standard InChI is InChI=1S/C20H21N3O4S/c24-28(25,17-3-4-19-20(14-17)27-12-11-26-19)23-8-5-15-1-2-16(13-18(15)23)22-9-6-21-7-10-22/h1-5,8,13-14,21H,6-7,9-12H2. The lowest BCUT2D eigenvalue weighted by Crippen LogP contribution is -2.43. The minimum Gasteiger partial charge on any atom is -0.486 e. The number of ether oxygens (including phenoxy) is 2. The number of aromatic nitrogens is 1. The lowest BCUT2D eigenvalue weighted by molar-refractivity contribution is 0.171. The van der Waals surface area contributed by atoms with Gasteiger partial charge < -0.3 is 19.7 Å². The van der Waals surface area contributed by atoms with Crippen LogP contribution in [-0.2, 0) is 10.0 Å². The number of nitrogens with zero attached hydrogens (tertiary/aromatic N) is 2. The van der Waals surface area contributed by atoms with Gasteiger partial charge in [-0.1, -0.05) is 6.07 Å². The minimum absolute atomic E-state index is 0.182. The van der Waals surface area contributed by atoms with Crippen molar-refractivity contribution in [3.8, 4) is 11.5 Å². The van der Waals surface area contributed by atoms with E-state index in [1.54, 1.807) is 18.3 Å². The van der Waals surface area contributed by atoms with E-state index >= 15 is 0 Å². The Bertz CT molecular complexity index is 1130. The zero-order chi connectivity index (χ0) is 19.1. The predicted octanol–water partition coefficient (Wildman–Crippen LogP) is 2.06. The molecule has 7 nitrogen and oxygen atoms in total. The number of fused-ring (bicyclic) bond motifs is 2. The van der Waals surface area contributed by atoms with E-state index in [1.807, 2.05) is 18.2 Å². The zero-order valence-corrected chi connectivity index (χ0v) is 16.1. The van der Waals surface area contributed by atoms with Gasteiger partial charge in [0.1, 0.15) is 13.2 Å². The fraction of sp³-hybridized carbons (Fsp3) is 0.300. The van der Waals surface area contributed by atoms with Crippen LogP contribution < -0.4 is 19.7 Å². The highest BCUT2D eigenvalue weighted by Crippen LogP contribution is 2.34. The second-order valence-corrected chi connectivity index (χ2v) is 8.72. The molecule has 1 N–H and O–H groups in total. The fourth-order valence-electron chi connectivity index (χ4n) is 3.72. The monoisotopic (exact) mass is 399 g/mol. The Hall–Kier alpha value is -2.71. The second kappa shape index (κ2) is 6.72. The van der Waals surface area contributed by atoms with E-state index in [0.29, 0.717) is 30.2 Å². The molecule has 0 bridgehead atoms. The summed E-state index contributed by atoms with van der Waals surface area (Å²) >= 11 is 0. The molecule has 146 valence electrons. The molecule has 0 spiro atoms. The maximum atomic E-state index is 13.3. The lowest BCUT2D eigenvalue weighted by atomic mass is 10.2. The van der Waals surface area contributed by atoms with E-state index in [4.69, 9.17) is 9.47 Å². The quantitative estimate of drug-likeness (QED) is 0.727. The summed E-state index contributed by atoms with van der Waals surface area (Å²) in [5.74, 6) is 1.04. The number of nitrogens with one attached hydrogen (secondary N) is 1. The van der Waals surface area contributed by atoms with Gasteiger partial charge in [0.25, 0.3) is 10.0 Å². The maximum absolute atomic E-state index is 13.3. The topological polar surface area (TPSA) is 72.8 Å².